The van der Waals surface area contributed by atoms with Gasteiger partial charge in [-0.15, -0.1) is 0 Å². The number of rotatable bonds is 2. The molecule has 0 aliphatic heterocycles. The van der Waals surface area contributed by atoms with E-state index in [1.807, 2.05) is 25.4 Å². The molecule has 0 spiro atoms. The van der Waals surface area contributed by atoms with Gasteiger partial charge in [-0.3, -0.25) is 4.68 Å². The molecule has 0 saturated carbocycles. The van der Waals surface area contributed by atoms with Crippen molar-refractivity contribution in [3.63, 3.8) is 0 Å². The van der Waals surface area contributed by atoms with E-state index in [0.29, 0.717) is 17.1 Å². The molecule has 0 saturated heterocycles. The fraction of sp³-hybridized carbons (Fsp3) is 0.0667. The number of anilines is 1. The SMILES string of the molecule is Cn1ccc(-c2nc(-c3ccc(F)cc3)ccc2N)n1. The highest BCUT2D eigenvalue weighted by atomic mass is 19.1. The lowest BCUT2D eigenvalue weighted by atomic mass is 10.1. The fourth-order valence-corrected chi connectivity index (χ4v) is 2.00. The molecule has 4 nitrogen and oxygen atoms in total. The van der Waals surface area contributed by atoms with Crippen LogP contribution in [0.25, 0.3) is 22.6 Å². The number of nitrogen functional groups attached to an aromatic ring is 1. The lowest BCUT2D eigenvalue weighted by molar-refractivity contribution is 0.628. The Bertz CT molecular complexity index is 747. The molecule has 2 heterocycles. The highest BCUT2D eigenvalue weighted by Gasteiger charge is 2.10. The molecule has 0 radical (unpaired) electrons. The second-order valence-corrected chi connectivity index (χ2v) is 4.52. The number of aromatic nitrogens is 3. The van der Waals surface area contributed by atoms with Gasteiger partial charge in [0.05, 0.1) is 11.4 Å². The third-order valence-corrected chi connectivity index (χ3v) is 3.02. The van der Waals surface area contributed by atoms with E-state index < -0.39 is 0 Å². The van der Waals surface area contributed by atoms with E-state index in [1.165, 1.54) is 12.1 Å². The molecular weight excluding hydrogens is 255 g/mol. The number of hydrogen-bond acceptors (Lipinski definition) is 3. The number of nitrogens with zero attached hydrogens (tertiary/aromatic N) is 3. The lowest BCUT2D eigenvalue weighted by Crippen LogP contribution is -1.97. The van der Waals surface area contributed by atoms with Crippen LogP contribution in [0.4, 0.5) is 10.1 Å². The molecule has 0 unspecified atom stereocenters. The zero-order valence-electron chi connectivity index (χ0n) is 10.9. The third-order valence-electron chi connectivity index (χ3n) is 3.02. The number of halogens is 1. The average molecular weight is 268 g/mol. The van der Waals surface area contributed by atoms with Crippen molar-refractivity contribution >= 4 is 5.69 Å². The molecule has 0 fully saturated rings. The molecule has 1 aromatic carbocycles. The summed E-state index contributed by atoms with van der Waals surface area (Å²) in [7, 11) is 1.84. The van der Waals surface area contributed by atoms with E-state index in [0.717, 1.165) is 11.3 Å². The maximum absolute atomic E-state index is 13.0. The van der Waals surface area contributed by atoms with Crippen LogP contribution < -0.4 is 5.73 Å². The van der Waals surface area contributed by atoms with Crippen molar-refractivity contribution in [2.45, 2.75) is 0 Å². The zero-order valence-corrected chi connectivity index (χ0v) is 10.9. The topological polar surface area (TPSA) is 56.7 Å². The van der Waals surface area contributed by atoms with Crippen molar-refractivity contribution in [3.8, 4) is 22.6 Å². The molecule has 2 N–H and O–H groups in total. The summed E-state index contributed by atoms with van der Waals surface area (Å²) in [6, 6.07) is 11.7. The smallest absolute Gasteiger partial charge is 0.123 e. The maximum Gasteiger partial charge on any atom is 0.123 e. The molecule has 5 heteroatoms. The molecule has 0 amide bonds. The zero-order chi connectivity index (χ0) is 14.1. The van der Waals surface area contributed by atoms with Gasteiger partial charge in [0.25, 0.3) is 0 Å². The molecule has 3 rings (SSSR count). The molecule has 20 heavy (non-hydrogen) atoms. The van der Waals surface area contributed by atoms with Crippen molar-refractivity contribution in [3.05, 3.63) is 54.5 Å². The molecule has 0 aliphatic carbocycles. The highest BCUT2D eigenvalue weighted by Crippen LogP contribution is 2.26. The minimum absolute atomic E-state index is 0.269. The van der Waals surface area contributed by atoms with E-state index in [-0.39, 0.29) is 5.82 Å². The van der Waals surface area contributed by atoms with Crippen LogP contribution in [-0.2, 0) is 7.05 Å². The fourth-order valence-electron chi connectivity index (χ4n) is 2.00. The van der Waals surface area contributed by atoms with E-state index in [2.05, 4.69) is 10.1 Å². The largest absolute Gasteiger partial charge is 0.397 e. The van der Waals surface area contributed by atoms with Crippen LogP contribution in [0, 0.1) is 5.82 Å². The quantitative estimate of drug-likeness (QED) is 0.777. The summed E-state index contributed by atoms with van der Waals surface area (Å²) in [4.78, 5) is 4.53. The van der Waals surface area contributed by atoms with Gasteiger partial charge >= 0.3 is 0 Å². The number of nitrogens with two attached hydrogens (primary N) is 1. The first-order valence-corrected chi connectivity index (χ1v) is 6.16. The molecule has 0 bridgehead atoms. The summed E-state index contributed by atoms with van der Waals surface area (Å²) < 4.78 is 14.7. The molecular formula is C15H13FN4. The average Bonchev–Trinajstić information content (AvgIpc) is 2.87. The number of hydrogen-bond donors (Lipinski definition) is 1. The Labute approximate surface area is 115 Å². The Balaban J connectivity index is 2.08. The minimum Gasteiger partial charge on any atom is -0.397 e. The predicted molar refractivity (Wildman–Crippen MR) is 76.2 cm³/mol. The van der Waals surface area contributed by atoms with Gasteiger partial charge in [0, 0.05) is 18.8 Å². The van der Waals surface area contributed by atoms with Gasteiger partial charge in [-0.25, -0.2) is 9.37 Å². The molecule has 3 aromatic rings. The standard InChI is InChI=1S/C15H13FN4/c1-20-9-8-14(19-20)15-12(17)6-7-13(18-15)10-2-4-11(16)5-3-10/h2-9H,17H2,1H3. The second kappa shape index (κ2) is 4.77. The first-order valence-electron chi connectivity index (χ1n) is 6.16. The van der Waals surface area contributed by atoms with Crippen molar-refractivity contribution < 1.29 is 4.39 Å². The Morgan fingerprint density at radius 2 is 1.75 bits per heavy atom. The monoisotopic (exact) mass is 268 g/mol. The van der Waals surface area contributed by atoms with Gasteiger partial charge in [0.15, 0.2) is 0 Å². The van der Waals surface area contributed by atoms with Crippen LogP contribution in [0.5, 0.6) is 0 Å². The van der Waals surface area contributed by atoms with Crippen molar-refractivity contribution in [1.29, 1.82) is 0 Å². The van der Waals surface area contributed by atoms with E-state index >= 15 is 0 Å². The van der Waals surface area contributed by atoms with Gasteiger partial charge < -0.3 is 5.73 Å². The normalized spacial score (nSPS) is 10.7. The van der Waals surface area contributed by atoms with Crippen LogP contribution >= 0.6 is 0 Å². The third kappa shape index (κ3) is 2.25. The summed E-state index contributed by atoms with van der Waals surface area (Å²) in [5.74, 6) is -0.269. The van der Waals surface area contributed by atoms with Crippen molar-refractivity contribution in [1.82, 2.24) is 14.8 Å². The minimum atomic E-state index is -0.269. The predicted octanol–water partition coefficient (Wildman–Crippen LogP) is 2.87. The van der Waals surface area contributed by atoms with Crippen molar-refractivity contribution in [2.24, 2.45) is 7.05 Å². The Morgan fingerprint density at radius 1 is 1.00 bits per heavy atom. The second-order valence-electron chi connectivity index (χ2n) is 4.52. The molecule has 2 aromatic heterocycles. The Hall–Kier alpha value is -2.69. The van der Waals surface area contributed by atoms with Gasteiger partial charge in [-0.05, 0) is 42.5 Å². The maximum atomic E-state index is 13.0. The number of benzene rings is 1. The van der Waals surface area contributed by atoms with E-state index in [9.17, 15) is 4.39 Å². The van der Waals surface area contributed by atoms with Crippen LogP contribution in [0.15, 0.2) is 48.7 Å². The van der Waals surface area contributed by atoms with Gasteiger partial charge in [-0.2, -0.15) is 5.10 Å². The first-order chi connectivity index (χ1) is 9.63. The van der Waals surface area contributed by atoms with E-state index in [4.69, 9.17) is 5.73 Å². The molecule has 100 valence electrons. The summed E-state index contributed by atoms with van der Waals surface area (Å²) >= 11 is 0. The van der Waals surface area contributed by atoms with Gasteiger partial charge in [-0.1, -0.05) is 0 Å². The Kier molecular flexibility index (Phi) is 2.95. The van der Waals surface area contributed by atoms with Gasteiger partial charge in [0.2, 0.25) is 0 Å². The number of aryl methyl sites for hydroxylation is 1. The summed E-state index contributed by atoms with van der Waals surface area (Å²) in [6.07, 6.45) is 1.83. The van der Waals surface area contributed by atoms with Crippen LogP contribution in [0.1, 0.15) is 0 Å². The first kappa shape index (κ1) is 12.3. The lowest BCUT2D eigenvalue weighted by Gasteiger charge is -2.06. The van der Waals surface area contributed by atoms with Crippen molar-refractivity contribution in [2.75, 3.05) is 5.73 Å². The summed E-state index contributed by atoms with van der Waals surface area (Å²) in [6.45, 7) is 0. The summed E-state index contributed by atoms with van der Waals surface area (Å²) in [5, 5.41) is 4.30. The number of pyridine rings is 1. The highest BCUT2D eigenvalue weighted by molar-refractivity contribution is 5.73. The van der Waals surface area contributed by atoms with Crippen LogP contribution in [0.2, 0.25) is 0 Å². The molecule has 0 aliphatic rings. The van der Waals surface area contributed by atoms with Gasteiger partial charge in [0.1, 0.15) is 17.2 Å². The van der Waals surface area contributed by atoms with Crippen LogP contribution in [-0.4, -0.2) is 14.8 Å². The van der Waals surface area contributed by atoms with E-state index in [1.54, 1.807) is 22.9 Å². The molecule has 0 atom stereocenters. The summed E-state index contributed by atoms with van der Waals surface area (Å²) in [5.41, 5.74) is 9.45. The Morgan fingerprint density at radius 3 is 2.40 bits per heavy atom. The van der Waals surface area contributed by atoms with Crippen LogP contribution in [0.3, 0.4) is 0 Å².